The van der Waals surface area contributed by atoms with Gasteiger partial charge in [-0.1, -0.05) is 13.0 Å². The SMILES string of the molecule is CC1CCC(C(N)c2ccc(F)c(F)c2F)(N(C)C)CC1. The zero-order valence-corrected chi connectivity index (χ0v) is 12.8. The lowest BCUT2D eigenvalue weighted by atomic mass is 9.70. The van der Waals surface area contributed by atoms with Crippen molar-refractivity contribution in [2.75, 3.05) is 14.1 Å². The van der Waals surface area contributed by atoms with Crippen LogP contribution in [0.3, 0.4) is 0 Å². The van der Waals surface area contributed by atoms with Gasteiger partial charge in [-0.2, -0.15) is 0 Å². The fourth-order valence-electron chi connectivity index (χ4n) is 3.37. The summed E-state index contributed by atoms with van der Waals surface area (Å²) in [6, 6.07) is 1.53. The van der Waals surface area contributed by atoms with E-state index in [1.165, 1.54) is 6.07 Å². The van der Waals surface area contributed by atoms with Gasteiger partial charge in [0.1, 0.15) is 0 Å². The smallest absolute Gasteiger partial charge is 0.194 e. The van der Waals surface area contributed by atoms with E-state index in [-0.39, 0.29) is 5.56 Å². The van der Waals surface area contributed by atoms with Crippen LogP contribution >= 0.6 is 0 Å². The number of hydrogen-bond acceptors (Lipinski definition) is 2. The molecule has 1 aliphatic rings. The Balaban J connectivity index is 2.40. The van der Waals surface area contributed by atoms with Crippen LogP contribution in [0.25, 0.3) is 0 Å². The first-order chi connectivity index (χ1) is 9.79. The summed E-state index contributed by atoms with van der Waals surface area (Å²) < 4.78 is 40.7. The standard InChI is InChI=1S/C16H23F3N2/c1-10-6-8-16(9-7-10,21(2)3)15(20)11-4-5-12(17)14(19)13(11)18/h4-5,10,15H,6-9,20H2,1-3H3. The Hall–Kier alpha value is -1.07. The van der Waals surface area contributed by atoms with Gasteiger partial charge in [-0.05, 0) is 51.8 Å². The first-order valence-electron chi connectivity index (χ1n) is 7.36. The topological polar surface area (TPSA) is 29.3 Å². The van der Waals surface area contributed by atoms with E-state index in [2.05, 4.69) is 6.92 Å². The van der Waals surface area contributed by atoms with Crippen molar-refractivity contribution in [2.24, 2.45) is 11.7 Å². The molecule has 0 bridgehead atoms. The Kier molecular flexibility index (Phi) is 4.63. The van der Waals surface area contributed by atoms with Crippen LogP contribution in [0.1, 0.15) is 44.2 Å². The van der Waals surface area contributed by atoms with E-state index in [0.717, 1.165) is 31.7 Å². The number of benzene rings is 1. The van der Waals surface area contributed by atoms with E-state index in [4.69, 9.17) is 5.73 Å². The second-order valence-electron chi connectivity index (χ2n) is 6.42. The molecule has 1 atom stereocenters. The maximum Gasteiger partial charge on any atom is 0.194 e. The average Bonchev–Trinajstić information content (AvgIpc) is 2.45. The number of rotatable bonds is 3. The molecule has 1 aromatic rings. The third kappa shape index (κ3) is 2.81. The van der Waals surface area contributed by atoms with Crippen LogP contribution in [0.5, 0.6) is 0 Å². The van der Waals surface area contributed by atoms with Crippen LogP contribution in [0, 0.1) is 23.4 Å². The summed E-state index contributed by atoms with van der Waals surface area (Å²) in [5.74, 6) is -3.18. The molecular weight excluding hydrogens is 277 g/mol. The average molecular weight is 300 g/mol. The molecule has 0 saturated heterocycles. The number of halogens is 3. The quantitative estimate of drug-likeness (QED) is 0.864. The summed E-state index contributed by atoms with van der Waals surface area (Å²) in [4.78, 5) is 2.00. The van der Waals surface area contributed by atoms with Gasteiger partial charge in [-0.3, -0.25) is 0 Å². The van der Waals surface area contributed by atoms with E-state index in [0.29, 0.717) is 5.92 Å². The summed E-state index contributed by atoms with van der Waals surface area (Å²) in [6.45, 7) is 2.18. The highest BCUT2D eigenvalue weighted by atomic mass is 19.2. The van der Waals surface area contributed by atoms with E-state index in [1.807, 2.05) is 19.0 Å². The normalized spacial score (nSPS) is 27.9. The van der Waals surface area contributed by atoms with Crippen molar-refractivity contribution in [1.82, 2.24) is 4.90 Å². The molecule has 0 amide bonds. The number of likely N-dealkylation sites (N-methyl/N-ethyl adjacent to an activating group) is 1. The zero-order chi connectivity index (χ0) is 15.8. The lowest BCUT2D eigenvalue weighted by Gasteiger charge is -2.48. The van der Waals surface area contributed by atoms with E-state index < -0.39 is 29.0 Å². The molecule has 1 unspecified atom stereocenters. The number of nitrogens with zero attached hydrogens (tertiary/aromatic N) is 1. The van der Waals surface area contributed by atoms with Crippen molar-refractivity contribution < 1.29 is 13.2 Å². The van der Waals surface area contributed by atoms with Crippen molar-refractivity contribution >= 4 is 0 Å². The Bertz CT molecular complexity index is 508. The fourth-order valence-corrected chi connectivity index (χ4v) is 3.37. The maximum atomic E-state index is 14.1. The third-order valence-corrected chi connectivity index (χ3v) is 5.01. The van der Waals surface area contributed by atoms with Crippen LogP contribution in [0.2, 0.25) is 0 Å². The minimum absolute atomic E-state index is 0.0529. The van der Waals surface area contributed by atoms with Gasteiger partial charge in [0.15, 0.2) is 17.5 Å². The predicted molar refractivity (Wildman–Crippen MR) is 77.3 cm³/mol. The highest BCUT2D eigenvalue weighted by molar-refractivity contribution is 5.27. The molecule has 21 heavy (non-hydrogen) atoms. The molecule has 2 N–H and O–H groups in total. The van der Waals surface area contributed by atoms with Crippen LogP contribution < -0.4 is 5.73 Å². The number of nitrogens with two attached hydrogens (primary N) is 1. The van der Waals surface area contributed by atoms with Crippen molar-refractivity contribution in [3.63, 3.8) is 0 Å². The minimum atomic E-state index is -1.44. The molecule has 5 heteroatoms. The van der Waals surface area contributed by atoms with Crippen molar-refractivity contribution in [3.8, 4) is 0 Å². The minimum Gasteiger partial charge on any atom is -0.322 e. The molecule has 2 rings (SSSR count). The second-order valence-corrected chi connectivity index (χ2v) is 6.42. The van der Waals surface area contributed by atoms with Gasteiger partial charge in [0.25, 0.3) is 0 Å². The monoisotopic (exact) mass is 300 g/mol. The molecule has 1 aliphatic carbocycles. The van der Waals surface area contributed by atoms with Crippen molar-refractivity contribution in [1.29, 1.82) is 0 Å². The molecule has 1 fully saturated rings. The summed E-state index contributed by atoms with van der Waals surface area (Å²) in [7, 11) is 3.82. The van der Waals surface area contributed by atoms with Gasteiger partial charge in [0.2, 0.25) is 0 Å². The molecule has 0 radical (unpaired) electrons. The van der Waals surface area contributed by atoms with Crippen LogP contribution in [-0.2, 0) is 0 Å². The molecule has 118 valence electrons. The van der Waals surface area contributed by atoms with E-state index in [9.17, 15) is 13.2 Å². The highest BCUT2D eigenvalue weighted by Crippen LogP contribution is 2.43. The van der Waals surface area contributed by atoms with Gasteiger partial charge < -0.3 is 10.6 Å². The molecule has 0 aromatic heterocycles. The van der Waals surface area contributed by atoms with E-state index in [1.54, 1.807) is 0 Å². The molecule has 1 saturated carbocycles. The molecule has 2 nitrogen and oxygen atoms in total. The Morgan fingerprint density at radius 3 is 2.24 bits per heavy atom. The van der Waals surface area contributed by atoms with Gasteiger partial charge in [-0.15, -0.1) is 0 Å². The Labute approximate surface area is 124 Å². The summed E-state index contributed by atoms with van der Waals surface area (Å²) in [5, 5.41) is 0. The first-order valence-corrected chi connectivity index (χ1v) is 7.36. The van der Waals surface area contributed by atoms with Crippen LogP contribution in [0.4, 0.5) is 13.2 Å². The maximum absolute atomic E-state index is 14.1. The number of hydrogen-bond donors (Lipinski definition) is 1. The van der Waals surface area contributed by atoms with Crippen molar-refractivity contribution in [3.05, 3.63) is 35.1 Å². The van der Waals surface area contributed by atoms with Gasteiger partial charge in [0.05, 0.1) is 6.04 Å². The molecule has 0 heterocycles. The molecule has 0 spiro atoms. The summed E-state index contributed by atoms with van der Waals surface area (Å²) >= 11 is 0. The second kappa shape index (κ2) is 5.97. The summed E-state index contributed by atoms with van der Waals surface area (Å²) in [5.41, 5.74) is 5.93. The lowest BCUT2D eigenvalue weighted by molar-refractivity contribution is 0.0550. The van der Waals surface area contributed by atoms with Crippen LogP contribution in [0.15, 0.2) is 12.1 Å². The lowest BCUT2D eigenvalue weighted by Crippen LogP contribution is -2.54. The Morgan fingerprint density at radius 2 is 1.71 bits per heavy atom. The fraction of sp³-hybridized carbons (Fsp3) is 0.625. The van der Waals surface area contributed by atoms with Gasteiger partial charge in [-0.25, -0.2) is 13.2 Å². The zero-order valence-electron chi connectivity index (χ0n) is 12.8. The van der Waals surface area contributed by atoms with E-state index >= 15 is 0 Å². The Morgan fingerprint density at radius 1 is 1.14 bits per heavy atom. The highest BCUT2D eigenvalue weighted by Gasteiger charge is 2.43. The molecule has 0 aliphatic heterocycles. The first kappa shape index (κ1) is 16.3. The van der Waals surface area contributed by atoms with Crippen LogP contribution in [-0.4, -0.2) is 24.5 Å². The van der Waals surface area contributed by atoms with Gasteiger partial charge >= 0.3 is 0 Å². The summed E-state index contributed by atoms with van der Waals surface area (Å²) in [6.07, 6.45) is 3.63. The van der Waals surface area contributed by atoms with Gasteiger partial charge in [0, 0.05) is 11.1 Å². The van der Waals surface area contributed by atoms with Crippen molar-refractivity contribution in [2.45, 2.75) is 44.2 Å². The molecular formula is C16H23F3N2. The largest absolute Gasteiger partial charge is 0.322 e. The third-order valence-electron chi connectivity index (χ3n) is 5.01. The predicted octanol–water partition coefficient (Wildman–Crippen LogP) is 3.61. The molecule has 1 aromatic carbocycles.